The third-order valence-corrected chi connectivity index (χ3v) is 2.80. The first-order valence-corrected chi connectivity index (χ1v) is 5.58. The van der Waals surface area contributed by atoms with Crippen molar-refractivity contribution in [2.75, 3.05) is 13.1 Å². The predicted molar refractivity (Wildman–Crippen MR) is 57.8 cm³/mol. The van der Waals surface area contributed by atoms with E-state index in [9.17, 15) is 4.79 Å². The Kier molecular flexibility index (Phi) is 3.16. The van der Waals surface area contributed by atoms with Crippen LogP contribution in [-0.2, 0) is 6.54 Å². The number of carbonyl (C=O) groups is 1. The van der Waals surface area contributed by atoms with Gasteiger partial charge in [0.05, 0.1) is 11.8 Å². The molecule has 2 rings (SSSR count). The number of aromatic nitrogens is 2. The van der Waals surface area contributed by atoms with Crippen molar-refractivity contribution >= 4 is 5.78 Å². The molecule has 1 unspecified atom stereocenters. The number of Topliss-reactive ketones (excluding diaryl/α,β-unsaturated/α-hetero) is 1. The van der Waals surface area contributed by atoms with E-state index >= 15 is 0 Å². The summed E-state index contributed by atoms with van der Waals surface area (Å²) in [5.74, 6) is 0.395. The summed E-state index contributed by atoms with van der Waals surface area (Å²) in [6, 6.07) is 0. The van der Waals surface area contributed by atoms with Crippen LogP contribution in [0.15, 0.2) is 12.4 Å². The number of nitrogens with zero attached hydrogens (tertiary/aromatic N) is 2. The number of ketones is 1. The Morgan fingerprint density at radius 2 is 2.60 bits per heavy atom. The number of hydrogen-bond acceptors (Lipinski definition) is 3. The van der Waals surface area contributed by atoms with Crippen LogP contribution in [0.5, 0.6) is 0 Å². The molecule has 1 atom stereocenters. The van der Waals surface area contributed by atoms with Gasteiger partial charge in [-0.25, -0.2) is 0 Å². The SMILES string of the molecule is CCCn1cc(C(=O)C2CCNC2)cn1. The van der Waals surface area contributed by atoms with E-state index in [1.54, 1.807) is 6.20 Å². The Labute approximate surface area is 89.7 Å². The lowest BCUT2D eigenvalue weighted by molar-refractivity contribution is 0.0930. The molecule has 0 radical (unpaired) electrons. The Morgan fingerprint density at radius 3 is 3.27 bits per heavy atom. The van der Waals surface area contributed by atoms with Crippen LogP contribution in [0, 0.1) is 5.92 Å². The number of carbonyl (C=O) groups excluding carboxylic acids is 1. The Balaban J connectivity index is 2.04. The molecule has 0 spiro atoms. The molecule has 0 amide bonds. The van der Waals surface area contributed by atoms with E-state index in [2.05, 4.69) is 17.3 Å². The van der Waals surface area contributed by atoms with Crippen molar-refractivity contribution in [3.05, 3.63) is 18.0 Å². The summed E-state index contributed by atoms with van der Waals surface area (Å²) in [6.07, 6.45) is 5.55. The highest BCUT2D eigenvalue weighted by Crippen LogP contribution is 2.14. The molecule has 1 aromatic heterocycles. The van der Waals surface area contributed by atoms with Crippen molar-refractivity contribution in [3.63, 3.8) is 0 Å². The molecule has 0 bridgehead atoms. The maximum atomic E-state index is 12.0. The van der Waals surface area contributed by atoms with Crippen LogP contribution in [0.25, 0.3) is 0 Å². The summed E-state index contributed by atoms with van der Waals surface area (Å²) in [7, 11) is 0. The van der Waals surface area contributed by atoms with E-state index in [0.717, 1.165) is 38.0 Å². The molecule has 0 saturated carbocycles. The van der Waals surface area contributed by atoms with E-state index in [4.69, 9.17) is 0 Å². The molecular formula is C11H17N3O. The maximum Gasteiger partial charge on any atom is 0.170 e. The third kappa shape index (κ3) is 2.26. The second-order valence-corrected chi connectivity index (χ2v) is 4.05. The fourth-order valence-electron chi connectivity index (χ4n) is 1.96. The van der Waals surface area contributed by atoms with Crippen LogP contribution < -0.4 is 5.32 Å². The summed E-state index contributed by atoms with van der Waals surface area (Å²) >= 11 is 0. The first-order chi connectivity index (χ1) is 7.31. The fourth-order valence-corrected chi connectivity index (χ4v) is 1.96. The molecule has 1 N–H and O–H groups in total. The lowest BCUT2D eigenvalue weighted by atomic mass is 9.99. The Morgan fingerprint density at radius 1 is 1.73 bits per heavy atom. The minimum atomic E-state index is 0.157. The Bertz CT molecular complexity index is 339. The highest BCUT2D eigenvalue weighted by molar-refractivity contribution is 5.97. The van der Waals surface area contributed by atoms with Gasteiger partial charge in [-0.05, 0) is 19.4 Å². The van der Waals surface area contributed by atoms with Gasteiger partial charge in [-0.15, -0.1) is 0 Å². The molecule has 0 aromatic carbocycles. The normalized spacial score (nSPS) is 20.7. The number of aryl methyl sites for hydroxylation is 1. The zero-order chi connectivity index (χ0) is 10.7. The Hall–Kier alpha value is -1.16. The molecule has 15 heavy (non-hydrogen) atoms. The second kappa shape index (κ2) is 4.57. The van der Waals surface area contributed by atoms with Gasteiger partial charge in [-0.2, -0.15) is 5.10 Å². The van der Waals surface area contributed by atoms with Gasteiger partial charge in [-0.1, -0.05) is 6.92 Å². The molecule has 1 aliphatic heterocycles. The summed E-state index contributed by atoms with van der Waals surface area (Å²) in [6.45, 7) is 4.76. The molecule has 1 saturated heterocycles. The first kappa shape index (κ1) is 10.4. The summed E-state index contributed by atoms with van der Waals surface area (Å²) < 4.78 is 1.84. The van der Waals surface area contributed by atoms with Crippen molar-refractivity contribution in [1.82, 2.24) is 15.1 Å². The van der Waals surface area contributed by atoms with Gasteiger partial charge >= 0.3 is 0 Å². The van der Waals surface area contributed by atoms with Gasteiger partial charge in [0.2, 0.25) is 0 Å². The van der Waals surface area contributed by atoms with Crippen LogP contribution in [0.4, 0.5) is 0 Å². The third-order valence-electron chi connectivity index (χ3n) is 2.80. The van der Waals surface area contributed by atoms with E-state index in [1.165, 1.54) is 0 Å². The van der Waals surface area contributed by atoms with Gasteiger partial charge in [0.15, 0.2) is 5.78 Å². The van der Waals surface area contributed by atoms with Gasteiger partial charge in [-0.3, -0.25) is 9.48 Å². The lowest BCUT2D eigenvalue weighted by Gasteiger charge is -2.03. The topological polar surface area (TPSA) is 46.9 Å². The minimum Gasteiger partial charge on any atom is -0.316 e. The zero-order valence-corrected chi connectivity index (χ0v) is 9.07. The second-order valence-electron chi connectivity index (χ2n) is 4.05. The van der Waals surface area contributed by atoms with Gasteiger partial charge in [0.1, 0.15) is 0 Å². The van der Waals surface area contributed by atoms with Crippen LogP contribution in [0.1, 0.15) is 30.1 Å². The van der Waals surface area contributed by atoms with Crippen LogP contribution >= 0.6 is 0 Å². The highest BCUT2D eigenvalue weighted by atomic mass is 16.1. The fraction of sp³-hybridized carbons (Fsp3) is 0.636. The molecular weight excluding hydrogens is 190 g/mol. The van der Waals surface area contributed by atoms with Crippen LogP contribution in [-0.4, -0.2) is 28.7 Å². The van der Waals surface area contributed by atoms with E-state index in [1.807, 2.05) is 10.9 Å². The van der Waals surface area contributed by atoms with Crippen LogP contribution in [0.2, 0.25) is 0 Å². The van der Waals surface area contributed by atoms with E-state index in [-0.39, 0.29) is 11.7 Å². The average molecular weight is 207 g/mol. The van der Waals surface area contributed by atoms with Crippen LogP contribution in [0.3, 0.4) is 0 Å². The highest BCUT2D eigenvalue weighted by Gasteiger charge is 2.24. The van der Waals surface area contributed by atoms with Crippen molar-refractivity contribution in [2.45, 2.75) is 26.3 Å². The summed E-state index contributed by atoms with van der Waals surface area (Å²) in [5, 5.41) is 7.38. The number of rotatable bonds is 4. The maximum absolute atomic E-state index is 12.0. The van der Waals surface area contributed by atoms with Crippen molar-refractivity contribution < 1.29 is 4.79 Å². The van der Waals surface area contributed by atoms with E-state index in [0.29, 0.717) is 0 Å². The van der Waals surface area contributed by atoms with Crippen molar-refractivity contribution in [3.8, 4) is 0 Å². The molecule has 82 valence electrons. The van der Waals surface area contributed by atoms with E-state index < -0.39 is 0 Å². The van der Waals surface area contributed by atoms with Gasteiger partial charge < -0.3 is 5.32 Å². The number of hydrogen-bond donors (Lipinski definition) is 1. The first-order valence-electron chi connectivity index (χ1n) is 5.58. The smallest absolute Gasteiger partial charge is 0.170 e. The zero-order valence-electron chi connectivity index (χ0n) is 9.07. The lowest BCUT2D eigenvalue weighted by Crippen LogP contribution is -2.17. The molecule has 4 heteroatoms. The molecule has 1 fully saturated rings. The summed E-state index contributed by atoms with van der Waals surface area (Å²) in [5.41, 5.74) is 0.761. The van der Waals surface area contributed by atoms with Gasteiger partial charge in [0, 0.05) is 25.2 Å². The average Bonchev–Trinajstić information content (AvgIpc) is 2.87. The molecule has 4 nitrogen and oxygen atoms in total. The number of nitrogens with one attached hydrogen (secondary N) is 1. The molecule has 2 heterocycles. The quantitative estimate of drug-likeness (QED) is 0.752. The van der Waals surface area contributed by atoms with Gasteiger partial charge in [0.25, 0.3) is 0 Å². The monoisotopic (exact) mass is 207 g/mol. The van der Waals surface area contributed by atoms with Crippen molar-refractivity contribution in [1.29, 1.82) is 0 Å². The molecule has 1 aromatic rings. The minimum absolute atomic E-state index is 0.157. The predicted octanol–water partition coefficient (Wildman–Crippen LogP) is 1.09. The largest absolute Gasteiger partial charge is 0.316 e. The summed E-state index contributed by atoms with van der Waals surface area (Å²) in [4.78, 5) is 12.0. The molecule has 1 aliphatic rings. The van der Waals surface area contributed by atoms with Crippen molar-refractivity contribution in [2.24, 2.45) is 5.92 Å². The standard InChI is InChI=1S/C11H17N3O/c1-2-5-14-8-10(7-13-14)11(15)9-3-4-12-6-9/h7-9,12H,2-6H2,1H3. The molecule has 0 aliphatic carbocycles.